The van der Waals surface area contributed by atoms with Crippen LogP contribution in [0.25, 0.3) is 0 Å². The molecule has 1 atom stereocenters. The van der Waals surface area contributed by atoms with Crippen molar-refractivity contribution in [2.45, 2.75) is 31.7 Å². The maximum atomic E-state index is 13.9. The van der Waals surface area contributed by atoms with Crippen molar-refractivity contribution in [3.63, 3.8) is 0 Å². The maximum absolute atomic E-state index is 13.9. The molecule has 0 radical (unpaired) electrons. The summed E-state index contributed by atoms with van der Waals surface area (Å²) in [7, 11) is 2.10. The summed E-state index contributed by atoms with van der Waals surface area (Å²) in [6, 6.07) is 6.98. The van der Waals surface area contributed by atoms with Crippen LogP contribution in [0.4, 0.5) is 4.39 Å². The summed E-state index contributed by atoms with van der Waals surface area (Å²) in [6.45, 7) is 5.33. The molecular formula is C17H27FN2O. The standard InChI is InChI=1S/C17H27FN2O/c1-17(13-19,11-15-5-3-4-6-16(15)18)20(2)12-14-7-9-21-10-8-14/h3-6,14H,7-13,19H2,1-2H3. The Balaban J connectivity index is 2.03. The zero-order valence-corrected chi connectivity index (χ0v) is 13.1. The summed E-state index contributed by atoms with van der Waals surface area (Å²) in [6.07, 6.45) is 2.84. The van der Waals surface area contributed by atoms with Crippen LogP contribution in [-0.4, -0.2) is 43.8 Å². The highest BCUT2D eigenvalue weighted by Gasteiger charge is 2.31. The van der Waals surface area contributed by atoms with Crippen molar-refractivity contribution in [1.29, 1.82) is 0 Å². The summed E-state index contributed by atoms with van der Waals surface area (Å²) in [4.78, 5) is 2.30. The third kappa shape index (κ3) is 4.25. The summed E-state index contributed by atoms with van der Waals surface area (Å²) >= 11 is 0. The molecule has 3 nitrogen and oxygen atoms in total. The molecule has 2 rings (SSSR count). The molecule has 0 saturated carbocycles. The first-order valence-electron chi connectivity index (χ1n) is 7.77. The van der Waals surface area contributed by atoms with E-state index in [1.807, 2.05) is 12.1 Å². The molecule has 21 heavy (non-hydrogen) atoms. The van der Waals surface area contributed by atoms with E-state index in [1.165, 1.54) is 6.07 Å². The highest BCUT2D eigenvalue weighted by atomic mass is 19.1. The van der Waals surface area contributed by atoms with Gasteiger partial charge in [0, 0.05) is 31.8 Å². The largest absolute Gasteiger partial charge is 0.381 e. The average Bonchev–Trinajstić information content (AvgIpc) is 2.50. The Morgan fingerprint density at radius 3 is 2.62 bits per heavy atom. The van der Waals surface area contributed by atoms with E-state index in [0.717, 1.165) is 38.2 Å². The Hall–Kier alpha value is -0.970. The van der Waals surface area contributed by atoms with Gasteiger partial charge in [-0.2, -0.15) is 0 Å². The van der Waals surface area contributed by atoms with Crippen molar-refractivity contribution in [2.24, 2.45) is 11.7 Å². The van der Waals surface area contributed by atoms with Crippen molar-refractivity contribution >= 4 is 0 Å². The first-order chi connectivity index (χ1) is 10.0. The molecule has 0 spiro atoms. The molecule has 1 aromatic rings. The number of hydrogen-bond acceptors (Lipinski definition) is 3. The van der Waals surface area contributed by atoms with Crippen molar-refractivity contribution in [3.8, 4) is 0 Å². The molecule has 0 aromatic heterocycles. The fraction of sp³-hybridized carbons (Fsp3) is 0.647. The molecule has 0 bridgehead atoms. The van der Waals surface area contributed by atoms with Crippen LogP contribution >= 0.6 is 0 Å². The molecule has 118 valence electrons. The fourth-order valence-electron chi connectivity index (χ4n) is 2.95. The van der Waals surface area contributed by atoms with Gasteiger partial charge in [-0.3, -0.25) is 4.90 Å². The van der Waals surface area contributed by atoms with Gasteiger partial charge in [0.2, 0.25) is 0 Å². The Morgan fingerprint density at radius 2 is 2.00 bits per heavy atom. The van der Waals surface area contributed by atoms with Crippen molar-refractivity contribution in [3.05, 3.63) is 35.6 Å². The molecule has 1 saturated heterocycles. The maximum Gasteiger partial charge on any atom is 0.126 e. The fourth-order valence-corrected chi connectivity index (χ4v) is 2.95. The minimum atomic E-state index is -0.222. The minimum absolute atomic E-state index is 0.142. The number of halogens is 1. The molecule has 1 heterocycles. The van der Waals surface area contributed by atoms with Crippen molar-refractivity contribution < 1.29 is 9.13 Å². The lowest BCUT2D eigenvalue weighted by molar-refractivity contribution is 0.0378. The van der Waals surface area contributed by atoms with E-state index in [1.54, 1.807) is 6.07 Å². The van der Waals surface area contributed by atoms with Crippen LogP contribution in [0.15, 0.2) is 24.3 Å². The van der Waals surface area contributed by atoms with Crippen LogP contribution in [0.2, 0.25) is 0 Å². The number of ether oxygens (including phenoxy) is 1. The lowest BCUT2D eigenvalue weighted by Gasteiger charge is -2.41. The van der Waals surface area contributed by atoms with Crippen LogP contribution in [-0.2, 0) is 11.2 Å². The minimum Gasteiger partial charge on any atom is -0.381 e. The van der Waals surface area contributed by atoms with Crippen LogP contribution in [0.1, 0.15) is 25.3 Å². The van der Waals surface area contributed by atoms with E-state index in [-0.39, 0.29) is 11.4 Å². The molecule has 1 aromatic carbocycles. The summed E-state index contributed by atoms with van der Waals surface area (Å²) in [5, 5.41) is 0. The second-order valence-electron chi connectivity index (χ2n) is 6.41. The van der Waals surface area contributed by atoms with Gasteiger partial charge >= 0.3 is 0 Å². The molecule has 4 heteroatoms. The first-order valence-corrected chi connectivity index (χ1v) is 7.77. The second kappa shape index (κ2) is 7.34. The molecule has 1 unspecified atom stereocenters. The summed E-state index contributed by atoms with van der Waals surface area (Å²) in [5.74, 6) is 0.506. The van der Waals surface area contributed by atoms with Gasteiger partial charge in [-0.15, -0.1) is 0 Å². The topological polar surface area (TPSA) is 38.5 Å². The van der Waals surface area contributed by atoms with Crippen LogP contribution in [0.3, 0.4) is 0 Å². The Labute approximate surface area is 127 Å². The van der Waals surface area contributed by atoms with Crippen LogP contribution < -0.4 is 5.73 Å². The Morgan fingerprint density at radius 1 is 1.33 bits per heavy atom. The van der Waals surface area contributed by atoms with Gasteiger partial charge in [0.05, 0.1) is 0 Å². The van der Waals surface area contributed by atoms with Gasteiger partial charge in [-0.1, -0.05) is 18.2 Å². The van der Waals surface area contributed by atoms with Crippen LogP contribution in [0, 0.1) is 11.7 Å². The second-order valence-corrected chi connectivity index (χ2v) is 6.41. The van der Waals surface area contributed by atoms with Gasteiger partial charge in [-0.25, -0.2) is 4.39 Å². The number of nitrogens with zero attached hydrogens (tertiary/aromatic N) is 1. The van der Waals surface area contributed by atoms with E-state index in [9.17, 15) is 4.39 Å². The van der Waals surface area contributed by atoms with Gasteiger partial charge in [0.15, 0.2) is 0 Å². The summed E-state index contributed by atoms with van der Waals surface area (Å²) < 4.78 is 19.3. The normalized spacial score (nSPS) is 19.7. The number of benzene rings is 1. The lowest BCUT2D eigenvalue weighted by atomic mass is 9.89. The Kier molecular flexibility index (Phi) is 5.73. The molecule has 1 aliphatic heterocycles. The highest BCUT2D eigenvalue weighted by molar-refractivity contribution is 5.20. The van der Waals surface area contributed by atoms with E-state index in [4.69, 9.17) is 10.5 Å². The van der Waals surface area contributed by atoms with E-state index >= 15 is 0 Å². The number of hydrogen-bond donors (Lipinski definition) is 1. The molecule has 0 amide bonds. The predicted molar refractivity (Wildman–Crippen MR) is 83.7 cm³/mol. The average molecular weight is 294 g/mol. The van der Waals surface area contributed by atoms with E-state index < -0.39 is 0 Å². The predicted octanol–water partition coefficient (Wildman–Crippen LogP) is 2.44. The summed E-state index contributed by atoms with van der Waals surface area (Å²) in [5.41, 5.74) is 6.54. The van der Waals surface area contributed by atoms with Gasteiger partial charge in [0.25, 0.3) is 0 Å². The van der Waals surface area contributed by atoms with Gasteiger partial charge in [0.1, 0.15) is 5.82 Å². The SMILES string of the molecule is CN(CC1CCOCC1)C(C)(CN)Cc1ccccc1F. The van der Waals surface area contributed by atoms with Crippen molar-refractivity contribution in [2.75, 3.05) is 33.4 Å². The number of likely N-dealkylation sites (N-methyl/N-ethyl adjacent to an activating group) is 1. The smallest absolute Gasteiger partial charge is 0.126 e. The van der Waals surface area contributed by atoms with E-state index in [2.05, 4.69) is 18.9 Å². The van der Waals surface area contributed by atoms with E-state index in [0.29, 0.717) is 18.9 Å². The third-order valence-electron chi connectivity index (χ3n) is 4.76. The quantitative estimate of drug-likeness (QED) is 0.876. The molecule has 0 aliphatic carbocycles. The first kappa shape index (κ1) is 16.4. The lowest BCUT2D eigenvalue weighted by Crippen LogP contribution is -2.53. The monoisotopic (exact) mass is 294 g/mol. The highest BCUT2D eigenvalue weighted by Crippen LogP contribution is 2.24. The zero-order valence-electron chi connectivity index (χ0n) is 13.1. The Bertz CT molecular complexity index is 448. The third-order valence-corrected chi connectivity index (χ3v) is 4.76. The number of nitrogens with two attached hydrogens (primary N) is 1. The van der Waals surface area contributed by atoms with Gasteiger partial charge in [-0.05, 0) is 50.8 Å². The van der Waals surface area contributed by atoms with Gasteiger partial charge < -0.3 is 10.5 Å². The molecule has 1 aliphatic rings. The van der Waals surface area contributed by atoms with Crippen LogP contribution in [0.5, 0.6) is 0 Å². The number of rotatable bonds is 6. The van der Waals surface area contributed by atoms with Crippen molar-refractivity contribution in [1.82, 2.24) is 4.90 Å². The molecule has 1 fully saturated rings. The molecular weight excluding hydrogens is 267 g/mol. The molecule has 2 N–H and O–H groups in total. The zero-order chi connectivity index (χ0) is 15.3.